The van der Waals surface area contributed by atoms with Crippen LogP contribution >= 0.6 is 0 Å². The number of sulfonamides is 1. The quantitative estimate of drug-likeness (QED) is 0.238. The lowest BCUT2D eigenvalue weighted by molar-refractivity contribution is -0.141. The molecule has 11 heteroatoms. The number of carbonyl (C=O) groups excluding carboxylic acids is 2. The zero-order valence-corrected chi connectivity index (χ0v) is 26.4. The van der Waals surface area contributed by atoms with Gasteiger partial charge in [0.2, 0.25) is 21.8 Å². The molecule has 0 saturated heterocycles. The number of benzene rings is 3. The smallest absolute Gasteiger partial charge is 0.352 e. The van der Waals surface area contributed by atoms with E-state index in [-0.39, 0.29) is 55.9 Å². The molecular weight excluding hydrogens is 603 g/mol. The van der Waals surface area contributed by atoms with E-state index < -0.39 is 27.8 Å². The van der Waals surface area contributed by atoms with E-state index in [1.165, 1.54) is 6.07 Å². The van der Waals surface area contributed by atoms with Crippen molar-refractivity contribution in [1.82, 2.24) is 10.2 Å². The summed E-state index contributed by atoms with van der Waals surface area (Å²) in [6.07, 6.45) is 0.315. The molecule has 0 spiro atoms. The van der Waals surface area contributed by atoms with Crippen molar-refractivity contribution in [2.75, 3.05) is 17.1 Å². The number of carbonyl (C=O) groups is 2. The summed E-state index contributed by atoms with van der Waals surface area (Å²) in [6.45, 7) is 1.90. The number of hydrogen-bond donors (Lipinski definition) is 1. The van der Waals surface area contributed by atoms with Gasteiger partial charge in [-0.15, -0.1) is 0 Å². The van der Waals surface area contributed by atoms with Crippen molar-refractivity contribution in [1.29, 1.82) is 0 Å². The number of aryl methyl sites for hydroxylation is 1. The van der Waals surface area contributed by atoms with Gasteiger partial charge in [-0.05, 0) is 61.1 Å². The van der Waals surface area contributed by atoms with Crippen molar-refractivity contribution in [3.63, 3.8) is 0 Å². The van der Waals surface area contributed by atoms with E-state index in [9.17, 15) is 31.2 Å². The molecule has 1 N–H and O–H groups in total. The predicted octanol–water partition coefficient (Wildman–Crippen LogP) is 6.26. The van der Waals surface area contributed by atoms with Crippen LogP contribution in [0.5, 0.6) is 0 Å². The largest absolute Gasteiger partial charge is 0.416 e. The number of anilines is 1. The van der Waals surface area contributed by atoms with Gasteiger partial charge in [0.25, 0.3) is 0 Å². The number of rotatable bonds is 13. The summed E-state index contributed by atoms with van der Waals surface area (Å²) in [5.41, 5.74) is 1.62. The monoisotopic (exact) mass is 643 g/mol. The molecule has 0 bridgehead atoms. The van der Waals surface area contributed by atoms with Gasteiger partial charge in [-0.3, -0.25) is 13.9 Å². The van der Waals surface area contributed by atoms with Crippen LogP contribution in [-0.2, 0) is 38.8 Å². The third kappa shape index (κ3) is 9.56. The first-order valence-electron chi connectivity index (χ1n) is 15.2. The zero-order valence-electron chi connectivity index (χ0n) is 25.6. The van der Waals surface area contributed by atoms with Crippen LogP contribution in [0.3, 0.4) is 0 Å². The minimum absolute atomic E-state index is 0.0364. The predicted molar refractivity (Wildman–Crippen MR) is 169 cm³/mol. The van der Waals surface area contributed by atoms with Crippen molar-refractivity contribution < 1.29 is 31.2 Å². The van der Waals surface area contributed by atoms with Crippen LogP contribution in [0, 0.1) is 6.92 Å². The topological polar surface area (TPSA) is 86.8 Å². The zero-order chi connectivity index (χ0) is 32.6. The van der Waals surface area contributed by atoms with Gasteiger partial charge in [-0.1, -0.05) is 73.5 Å². The Morgan fingerprint density at radius 2 is 1.62 bits per heavy atom. The van der Waals surface area contributed by atoms with Gasteiger partial charge in [0.15, 0.2) is 0 Å². The van der Waals surface area contributed by atoms with E-state index in [4.69, 9.17) is 0 Å². The molecule has 1 aliphatic rings. The molecule has 1 aliphatic carbocycles. The summed E-state index contributed by atoms with van der Waals surface area (Å²) < 4.78 is 66.2. The van der Waals surface area contributed by atoms with Crippen LogP contribution in [-0.4, -0.2) is 50.0 Å². The Morgan fingerprint density at radius 3 is 2.27 bits per heavy atom. The molecule has 1 saturated carbocycles. The SMILES string of the molecule is Cc1ccccc1CN(C(=O)CCCN(c1cccc(C(F)(F)F)c1)S(C)(=O)=O)C(Cc1ccccc1)C(=O)NC1CCCC1. The summed E-state index contributed by atoms with van der Waals surface area (Å²) in [5.74, 6) is -0.590. The van der Waals surface area contributed by atoms with Crippen LogP contribution in [0.1, 0.15) is 60.8 Å². The fraction of sp³-hybridized carbons (Fsp3) is 0.412. The highest BCUT2D eigenvalue weighted by molar-refractivity contribution is 7.92. The molecule has 1 fully saturated rings. The van der Waals surface area contributed by atoms with Crippen LogP contribution < -0.4 is 9.62 Å². The Morgan fingerprint density at radius 1 is 0.956 bits per heavy atom. The maximum absolute atomic E-state index is 14.0. The molecule has 0 aromatic heterocycles. The first-order valence-corrected chi connectivity index (χ1v) is 17.0. The second-order valence-electron chi connectivity index (χ2n) is 11.6. The molecule has 7 nitrogen and oxygen atoms in total. The Bertz CT molecular complexity index is 1560. The van der Waals surface area contributed by atoms with Gasteiger partial charge in [0.05, 0.1) is 17.5 Å². The molecule has 4 rings (SSSR count). The van der Waals surface area contributed by atoms with E-state index in [0.717, 1.165) is 71.1 Å². The van der Waals surface area contributed by atoms with Crippen molar-refractivity contribution in [3.8, 4) is 0 Å². The van der Waals surface area contributed by atoms with E-state index in [1.54, 1.807) is 4.90 Å². The molecule has 45 heavy (non-hydrogen) atoms. The second-order valence-corrected chi connectivity index (χ2v) is 13.5. The van der Waals surface area contributed by atoms with Gasteiger partial charge in [0, 0.05) is 32.0 Å². The Balaban J connectivity index is 1.60. The average Bonchev–Trinajstić information content (AvgIpc) is 3.50. The maximum atomic E-state index is 14.0. The molecule has 0 heterocycles. The summed E-state index contributed by atoms with van der Waals surface area (Å²) in [7, 11) is -3.96. The number of nitrogens with zero attached hydrogens (tertiary/aromatic N) is 2. The average molecular weight is 644 g/mol. The van der Waals surface area contributed by atoms with Crippen LogP contribution in [0.15, 0.2) is 78.9 Å². The number of hydrogen-bond acceptors (Lipinski definition) is 4. The number of nitrogens with one attached hydrogen (secondary N) is 1. The van der Waals surface area contributed by atoms with Crippen molar-refractivity contribution in [2.45, 2.75) is 76.7 Å². The first-order chi connectivity index (χ1) is 21.3. The fourth-order valence-corrected chi connectivity index (χ4v) is 6.69. The van der Waals surface area contributed by atoms with Crippen molar-refractivity contribution >= 4 is 27.5 Å². The summed E-state index contributed by atoms with van der Waals surface area (Å²) in [4.78, 5) is 29.4. The minimum Gasteiger partial charge on any atom is -0.352 e. The lowest BCUT2D eigenvalue weighted by atomic mass is 10.0. The highest BCUT2D eigenvalue weighted by Crippen LogP contribution is 2.32. The highest BCUT2D eigenvalue weighted by Gasteiger charge is 2.33. The Hall–Kier alpha value is -3.86. The van der Waals surface area contributed by atoms with Gasteiger partial charge in [-0.25, -0.2) is 8.42 Å². The van der Waals surface area contributed by atoms with E-state index >= 15 is 0 Å². The lowest BCUT2D eigenvalue weighted by Crippen LogP contribution is -2.52. The van der Waals surface area contributed by atoms with E-state index in [0.29, 0.717) is 0 Å². The van der Waals surface area contributed by atoms with Crippen molar-refractivity contribution in [3.05, 3.63) is 101 Å². The molecule has 1 atom stereocenters. The van der Waals surface area contributed by atoms with E-state index in [1.807, 2.05) is 61.5 Å². The molecular formula is C34H40F3N3O4S. The normalized spacial score (nSPS) is 14.6. The molecule has 2 amide bonds. The molecule has 3 aromatic rings. The minimum atomic E-state index is -4.64. The van der Waals surface area contributed by atoms with Crippen LogP contribution in [0.2, 0.25) is 0 Å². The highest BCUT2D eigenvalue weighted by atomic mass is 32.2. The first kappa shape index (κ1) is 34.0. The maximum Gasteiger partial charge on any atom is 0.416 e. The lowest BCUT2D eigenvalue weighted by Gasteiger charge is -2.33. The number of alkyl halides is 3. The molecule has 0 radical (unpaired) electrons. The van der Waals surface area contributed by atoms with E-state index in [2.05, 4.69) is 5.32 Å². The summed E-state index contributed by atoms with van der Waals surface area (Å²) in [6, 6.07) is 20.4. The third-order valence-electron chi connectivity index (χ3n) is 8.19. The standard InChI is InChI=1S/C34H40F3N3O4S/c1-25-12-6-7-15-27(25)24-39(31(22-26-13-4-3-5-14-26)33(42)38-29-17-8-9-18-29)32(41)20-11-21-40(45(2,43)44)30-19-10-16-28(23-30)34(35,36)37/h3-7,10,12-16,19,23,29,31H,8-9,11,17-18,20-22,24H2,1-2H3,(H,38,42). The molecule has 3 aromatic carbocycles. The third-order valence-corrected chi connectivity index (χ3v) is 9.38. The van der Waals surface area contributed by atoms with Gasteiger partial charge in [0.1, 0.15) is 6.04 Å². The molecule has 1 unspecified atom stereocenters. The molecule has 242 valence electrons. The number of halogens is 3. The van der Waals surface area contributed by atoms with Crippen LogP contribution in [0.25, 0.3) is 0 Å². The van der Waals surface area contributed by atoms with Crippen LogP contribution in [0.4, 0.5) is 18.9 Å². The number of amides is 2. The molecule has 0 aliphatic heterocycles. The van der Waals surface area contributed by atoms with Gasteiger partial charge < -0.3 is 10.2 Å². The summed E-state index contributed by atoms with van der Waals surface area (Å²) >= 11 is 0. The van der Waals surface area contributed by atoms with Gasteiger partial charge in [-0.2, -0.15) is 13.2 Å². The fourth-order valence-electron chi connectivity index (χ4n) is 5.73. The second kappa shape index (κ2) is 14.9. The summed E-state index contributed by atoms with van der Waals surface area (Å²) in [5, 5.41) is 3.16. The Labute approximate surface area is 263 Å². The van der Waals surface area contributed by atoms with Gasteiger partial charge >= 0.3 is 6.18 Å². The van der Waals surface area contributed by atoms with Crippen molar-refractivity contribution in [2.24, 2.45) is 0 Å². The Kier molecular flexibility index (Phi) is 11.3.